The van der Waals surface area contributed by atoms with E-state index in [0.717, 1.165) is 11.3 Å². The zero-order valence-corrected chi connectivity index (χ0v) is 8.36. The summed E-state index contributed by atoms with van der Waals surface area (Å²) >= 11 is 5.95. The molecule has 2 N–H and O–H groups in total. The Bertz CT molecular complexity index is 449. The molecular weight excluding hydrogens is 200 g/mol. The number of anilines is 1. The second kappa shape index (κ2) is 3.31. The molecule has 0 saturated carbocycles. The number of hydrogen-bond donors (Lipinski definition) is 1. The van der Waals surface area contributed by atoms with Crippen molar-refractivity contribution < 1.29 is 0 Å². The minimum absolute atomic E-state index is 0.404. The molecule has 0 aliphatic rings. The van der Waals surface area contributed by atoms with Crippen molar-refractivity contribution in [2.75, 3.05) is 5.73 Å². The summed E-state index contributed by atoms with van der Waals surface area (Å²) in [5, 5.41) is 0.413. The highest BCUT2D eigenvalue weighted by Crippen LogP contribution is 2.28. The monoisotopic (exact) mass is 208 g/mol. The highest BCUT2D eigenvalue weighted by atomic mass is 35.5. The average molecular weight is 209 g/mol. The van der Waals surface area contributed by atoms with E-state index in [1.54, 1.807) is 17.0 Å². The number of pyridine rings is 1. The fourth-order valence-corrected chi connectivity index (χ4v) is 1.63. The molecule has 0 aliphatic heterocycles. The van der Waals surface area contributed by atoms with Gasteiger partial charge in [-0.2, -0.15) is 0 Å². The van der Waals surface area contributed by atoms with Crippen molar-refractivity contribution >= 4 is 17.5 Å². The summed E-state index contributed by atoms with van der Waals surface area (Å²) in [5.41, 5.74) is 7.40. The lowest BCUT2D eigenvalue weighted by Gasteiger charge is -2.02. The Balaban J connectivity index is 2.62. The van der Waals surface area contributed by atoms with E-state index in [1.165, 1.54) is 0 Å². The second-order valence-electron chi connectivity index (χ2n) is 2.90. The number of imidazole rings is 1. The number of hydrogen-bond acceptors (Lipinski definition) is 3. The lowest BCUT2D eigenvalue weighted by atomic mass is 10.2. The average Bonchev–Trinajstić information content (AvgIpc) is 2.43. The van der Waals surface area contributed by atoms with Gasteiger partial charge in [0.15, 0.2) is 5.15 Å². The third-order valence-electron chi connectivity index (χ3n) is 2.04. The highest BCUT2D eigenvalue weighted by Gasteiger charge is 2.12. The van der Waals surface area contributed by atoms with Gasteiger partial charge in [0, 0.05) is 25.0 Å². The van der Waals surface area contributed by atoms with E-state index in [4.69, 9.17) is 17.3 Å². The Labute approximate surface area is 86.4 Å². The SMILES string of the molecule is Cn1c(N)nc(Cl)c1-c1ccncc1. The largest absolute Gasteiger partial charge is 0.369 e. The molecule has 0 aliphatic carbocycles. The molecule has 0 unspecified atom stereocenters. The molecule has 2 rings (SSSR count). The maximum Gasteiger partial charge on any atom is 0.201 e. The van der Waals surface area contributed by atoms with Crippen molar-refractivity contribution in [3.63, 3.8) is 0 Å². The molecule has 2 aromatic heterocycles. The van der Waals surface area contributed by atoms with Crippen LogP contribution in [0.2, 0.25) is 5.15 Å². The van der Waals surface area contributed by atoms with Crippen LogP contribution >= 0.6 is 11.6 Å². The minimum Gasteiger partial charge on any atom is -0.369 e. The van der Waals surface area contributed by atoms with Crippen LogP contribution in [0.15, 0.2) is 24.5 Å². The summed E-state index contributed by atoms with van der Waals surface area (Å²) in [5.74, 6) is 0.404. The Morgan fingerprint density at radius 1 is 1.36 bits per heavy atom. The number of rotatable bonds is 1. The fourth-order valence-electron chi connectivity index (χ4n) is 1.30. The van der Waals surface area contributed by atoms with E-state index in [0.29, 0.717) is 11.1 Å². The van der Waals surface area contributed by atoms with Crippen LogP contribution in [-0.4, -0.2) is 14.5 Å². The van der Waals surface area contributed by atoms with Gasteiger partial charge in [-0.05, 0) is 12.1 Å². The Hall–Kier alpha value is -1.55. The summed E-state index contributed by atoms with van der Waals surface area (Å²) in [6.07, 6.45) is 3.41. The molecule has 0 atom stereocenters. The first-order valence-electron chi connectivity index (χ1n) is 4.08. The third-order valence-corrected chi connectivity index (χ3v) is 2.30. The smallest absolute Gasteiger partial charge is 0.201 e. The van der Waals surface area contributed by atoms with Gasteiger partial charge < -0.3 is 10.3 Å². The van der Waals surface area contributed by atoms with Crippen LogP contribution in [0.5, 0.6) is 0 Å². The van der Waals surface area contributed by atoms with Gasteiger partial charge in [0.05, 0.1) is 5.69 Å². The number of nitrogens with zero attached hydrogens (tertiary/aromatic N) is 3. The molecule has 0 saturated heterocycles. The van der Waals surface area contributed by atoms with Crippen LogP contribution in [0.1, 0.15) is 0 Å². The Morgan fingerprint density at radius 3 is 2.50 bits per heavy atom. The van der Waals surface area contributed by atoms with Gasteiger partial charge in [0.1, 0.15) is 0 Å². The summed E-state index contributed by atoms with van der Waals surface area (Å²) in [4.78, 5) is 7.91. The maximum atomic E-state index is 5.95. The fraction of sp³-hybridized carbons (Fsp3) is 0.111. The molecule has 0 amide bonds. The van der Waals surface area contributed by atoms with Crippen molar-refractivity contribution in [3.8, 4) is 11.3 Å². The van der Waals surface area contributed by atoms with Crippen LogP contribution < -0.4 is 5.73 Å². The number of nitrogen functional groups attached to an aromatic ring is 1. The van der Waals surface area contributed by atoms with Crippen molar-refractivity contribution in [2.24, 2.45) is 7.05 Å². The molecule has 0 spiro atoms. The number of aromatic nitrogens is 3. The van der Waals surface area contributed by atoms with Gasteiger partial charge in [-0.25, -0.2) is 4.98 Å². The maximum absolute atomic E-state index is 5.95. The molecule has 0 bridgehead atoms. The molecule has 14 heavy (non-hydrogen) atoms. The summed E-state index contributed by atoms with van der Waals surface area (Å²) in [6.45, 7) is 0. The first kappa shape index (κ1) is 9.02. The molecule has 72 valence electrons. The van der Waals surface area contributed by atoms with Crippen molar-refractivity contribution in [3.05, 3.63) is 29.7 Å². The molecule has 0 fully saturated rings. The zero-order valence-electron chi connectivity index (χ0n) is 7.61. The van der Waals surface area contributed by atoms with Crippen molar-refractivity contribution in [2.45, 2.75) is 0 Å². The Kier molecular flexibility index (Phi) is 2.13. The first-order chi connectivity index (χ1) is 6.70. The number of nitrogens with two attached hydrogens (primary N) is 1. The van der Waals surface area contributed by atoms with Crippen LogP contribution in [-0.2, 0) is 7.05 Å². The predicted octanol–water partition coefficient (Wildman–Crippen LogP) is 1.72. The zero-order chi connectivity index (χ0) is 10.1. The van der Waals surface area contributed by atoms with Gasteiger partial charge >= 0.3 is 0 Å². The first-order valence-corrected chi connectivity index (χ1v) is 4.46. The standard InChI is InChI=1S/C9H9ClN4/c1-14-7(8(10)13-9(14)11)6-2-4-12-5-3-6/h2-5H,1H3,(H2,11,13). The van der Waals surface area contributed by atoms with Gasteiger partial charge in [-0.3, -0.25) is 4.98 Å². The molecular formula is C9H9ClN4. The van der Waals surface area contributed by atoms with E-state index in [9.17, 15) is 0 Å². The van der Waals surface area contributed by atoms with Gasteiger partial charge in [-0.1, -0.05) is 11.6 Å². The van der Waals surface area contributed by atoms with Gasteiger partial charge in [-0.15, -0.1) is 0 Å². The summed E-state index contributed by atoms with van der Waals surface area (Å²) < 4.78 is 1.75. The van der Waals surface area contributed by atoms with Gasteiger partial charge in [0.25, 0.3) is 0 Å². The lowest BCUT2D eigenvalue weighted by Crippen LogP contribution is -1.98. The molecule has 4 nitrogen and oxygen atoms in total. The molecule has 2 aromatic rings. The van der Waals surface area contributed by atoms with E-state index in [2.05, 4.69) is 9.97 Å². The lowest BCUT2D eigenvalue weighted by molar-refractivity contribution is 0.938. The molecule has 5 heteroatoms. The van der Waals surface area contributed by atoms with Crippen molar-refractivity contribution in [1.29, 1.82) is 0 Å². The van der Waals surface area contributed by atoms with Crippen LogP contribution in [0.25, 0.3) is 11.3 Å². The number of halogens is 1. The van der Waals surface area contributed by atoms with Crippen LogP contribution in [0, 0.1) is 0 Å². The third kappa shape index (κ3) is 1.33. The highest BCUT2D eigenvalue weighted by molar-refractivity contribution is 6.32. The molecule has 0 aromatic carbocycles. The summed E-state index contributed by atoms with van der Waals surface area (Å²) in [6, 6.07) is 3.73. The van der Waals surface area contributed by atoms with E-state index >= 15 is 0 Å². The normalized spacial score (nSPS) is 10.4. The summed E-state index contributed by atoms with van der Waals surface area (Å²) in [7, 11) is 1.82. The van der Waals surface area contributed by atoms with E-state index in [1.807, 2.05) is 19.2 Å². The van der Waals surface area contributed by atoms with Crippen LogP contribution in [0.3, 0.4) is 0 Å². The van der Waals surface area contributed by atoms with Gasteiger partial charge in [0.2, 0.25) is 5.95 Å². The Morgan fingerprint density at radius 2 is 2.00 bits per heavy atom. The quantitative estimate of drug-likeness (QED) is 0.777. The predicted molar refractivity (Wildman–Crippen MR) is 55.9 cm³/mol. The topological polar surface area (TPSA) is 56.7 Å². The molecule has 0 radical (unpaired) electrons. The molecule has 2 heterocycles. The van der Waals surface area contributed by atoms with E-state index in [-0.39, 0.29) is 0 Å². The van der Waals surface area contributed by atoms with E-state index < -0.39 is 0 Å². The second-order valence-corrected chi connectivity index (χ2v) is 3.26. The van der Waals surface area contributed by atoms with Crippen LogP contribution in [0.4, 0.5) is 5.95 Å². The minimum atomic E-state index is 0.404. The van der Waals surface area contributed by atoms with Crippen molar-refractivity contribution in [1.82, 2.24) is 14.5 Å².